The van der Waals surface area contributed by atoms with Gasteiger partial charge < -0.3 is 18.9 Å². The third-order valence-corrected chi connectivity index (χ3v) is 5.46. The van der Waals surface area contributed by atoms with Crippen LogP contribution in [0.4, 0.5) is 19.1 Å². The van der Waals surface area contributed by atoms with E-state index >= 15 is 0 Å². The molecule has 0 saturated heterocycles. The summed E-state index contributed by atoms with van der Waals surface area (Å²) in [5, 5.41) is 8.63. The Bertz CT molecular complexity index is 1280. The van der Waals surface area contributed by atoms with E-state index in [4.69, 9.17) is 4.74 Å². The predicted octanol–water partition coefficient (Wildman–Crippen LogP) is 4.46. The topological polar surface area (TPSA) is 70.2 Å². The molecular formula is C24H25F3N6O2. The van der Waals surface area contributed by atoms with Crippen LogP contribution in [-0.2, 0) is 19.5 Å². The number of rotatable bonds is 10. The highest BCUT2D eigenvalue weighted by Gasteiger charge is 2.18. The lowest BCUT2D eigenvalue weighted by Gasteiger charge is -2.21. The number of aromatic nitrogens is 5. The van der Waals surface area contributed by atoms with Gasteiger partial charge in [0.25, 0.3) is 0 Å². The molecule has 4 rings (SSSR count). The molecule has 0 aliphatic rings. The van der Waals surface area contributed by atoms with Crippen molar-refractivity contribution in [1.82, 2.24) is 24.3 Å². The van der Waals surface area contributed by atoms with Gasteiger partial charge in [-0.05, 0) is 35.4 Å². The zero-order chi connectivity index (χ0) is 24.9. The second-order valence-electron chi connectivity index (χ2n) is 7.83. The summed E-state index contributed by atoms with van der Waals surface area (Å²) < 4.78 is 53.2. The first kappa shape index (κ1) is 24.1. The van der Waals surface area contributed by atoms with E-state index in [0.717, 1.165) is 17.0 Å². The summed E-state index contributed by atoms with van der Waals surface area (Å²) in [4.78, 5) is 5.84. The van der Waals surface area contributed by atoms with Crippen molar-refractivity contribution in [1.29, 1.82) is 0 Å². The van der Waals surface area contributed by atoms with E-state index in [1.807, 2.05) is 29.5 Å². The number of hydrogen-bond acceptors (Lipinski definition) is 6. The molecule has 4 aromatic rings. The van der Waals surface area contributed by atoms with Gasteiger partial charge >= 0.3 is 6.61 Å². The Morgan fingerprint density at radius 2 is 1.86 bits per heavy atom. The number of imidazole rings is 1. The number of hydrogen-bond donors (Lipinski definition) is 0. The number of ether oxygens (including phenoxy) is 2. The average Bonchev–Trinajstić information content (AvgIpc) is 3.50. The molecule has 0 unspecified atom stereocenters. The molecule has 8 nitrogen and oxygen atoms in total. The number of nitrogens with zero attached hydrogens (tertiary/aromatic N) is 6. The zero-order valence-electron chi connectivity index (χ0n) is 19.5. The highest BCUT2D eigenvalue weighted by Crippen LogP contribution is 2.30. The Morgan fingerprint density at radius 3 is 2.51 bits per heavy atom. The lowest BCUT2D eigenvalue weighted by atomic mass is 10.2. The van der Waals surface area contributed by atoms with Crippen molar-refractivity contribution in [3.8, 4) is 17.2 Å². The largest absolute Gasteiger partial charge is 0.493 e. The van der Waals surface area contributed by atoms with Gasteiger partial charge in [0.2, 0.25) is 5.95 Å². The minimum absolute atomic E-state index is 0.0356. The molecule has 0 radical (unpaired) electrons. The summed E-state index contributed by atoms with van der Waals surface area (Å²) in [5.74, 6) is 1.16. The fraction of sp³-hybridized carbons (Fsp3) is 0.292. The molecule has 0 aliphatic heterocycles. The molecule has 184 valence electrons. The number of aryl methyl sites for hydroxylation is 1. The Morgan fingerprint density at radius 1 is 1.06 bits per heavy atom. The molecule has 35 heavy (non-hydrogen) atoms. The summed E-state index contributed by atoms with van der Waals surface area (Å²) >= 11 is 0. The number of methoxy groups -OCH3 is 1. The van der Waals surface area contributed by atoms with Gasteiger partial charge in [-0.25, -0.2) is 9.37 Å². The maximum Gasteiger partial charge on any atom is 0.387 e. The van der Waals surface area contributed by atoms with Crippen molar-refractivity contribution in [3.05, 3.63) is 77.9 Å². The number of benzene rings is 2. The average molecular weight is 486 g/mol. The minimum Gasteiger partial charge on any atom is -0.493 e. The summed E-state index contributed by atoms with van der Waals surface area (Å²) in [5.41, 5.74) is 1.97. The van der Waals surface area contributed by atoms with Crippen LogP contribution in [0.15, 0.2) is 55.1 Å². The molecule has 0 spiro atoms. The van der Waals surface area contributed by atoms with Crippen LogP contribution in [0.2, 0.25) is 0 Å². The first-order chi connectivity index (χ1) is 16.9. The first-order valence-corrected chi connectivity index (χ1v) is 10.9. The van der Waals surface area contributed by atoms with E-state index in [9.17, 15) is 13.2 Å². The SMILES string of the molecule is CCc1nnc(N(C)Cc2ccc(OC(F)F)c(OC)c2)n1Cc1ccc(-n2ccnc2)c(F)c1. The molecule has 0 N–H and O–H groups in total. The van der Waals surface area contributed by atoms with Crippen molar-refractivity contribution >= 4 is 5.95 Å². The quantitative estimate of drug-likeness (QED) is 0.330. The van der Waals surface area contributed by atoms with Crippen LogP contribution in [-0.4, -0.2) is 45.1 Å². The smallest absolute Gasteiger partial charge is 0.387 e. The molecular weight excluding hydrogens is 461 g/mol. The molecule has 0 amide bonds. The first-order valence-electron chi connectivity index (χ1n) is 10.9. The van der Waals surface area contributed by atoms with Gasteiger partial charge in [-0.3, -0.25) is 4.57 Å². The van der Waals surface area contributed by atoms with Crippen LogP contribution in [0, 0.1) is 5.82 Å². The molecule has 2 aromatic heterocycles. The summed E-state index contributed by atoms with van der Waals surface area (Å²) in [7, 11) is 3.24. The number of alkyl halides is 2. The van der Waals surface area contributed by atoms with Crippen LogP contribution < -0.4 is 14.4 Å². The van der Waals surface area contributed by atoms with E-state index in [-0.39, 0.29) is 17.3 Å². The van der Waals surface area contributed by atoms with Gasteiger partial charge in [-0.1, -0.05) is 19.1 Å². The maximum absolute atomic E-state index is 14.8. The fourth-order valence-electron chi connectivity index (χ4n) is 3.82. The Kier molecular flexibility index (Phi) is 7.23. The third kappa shape index (κ3) is 5.39. The Labute approximate surface area is 200 Å². The van der Waals surface area contributed by atoms with Crippen LogP contribution >= 0.6 is 0 Å². The zero-order valence-corrected chi connectivity index (χ0v) is 19.5. The predicted molar refractivity (Wildman–Crippen MR) is 124 cm³/mol. The second-order valence-corrected chi connectivity index (χ2v) is 7.83. The third-order valence-electron chi connectivity index (χ3n) is 5.46. The van der Waals surface area contributed by atoms with Crippen LogP contribution in [0.5, 0.6) is 11.5 Å². The van der Waals surface area contributed by atoms with Crippen LogP contribution in [0.3, 0.4) is 0 Å². The van der Waals surface area contributed by atoms with Gasteiger partial charge in [0, 0.05) is 32.4 Å². The van der Waals surface area contributed by atoms with Gasteiger partial charge in [0.15, 0.2) is 11.5 Å². The van der Waals surface area contributed by atoms with Crippen LogP contribution in [0.1, 0.15) is 23.9 Å². The fourth-order valence-corrected chi connectivity index (χ4v) is 3.82. The maximum atomic E-state index is 14.8. The number of halogens is 3. The molecule has 2 aromatic carbocycles. The van der Waals surface area contributed by atoms with Crippen molar-refractivity contribution in [2.24, 2.45) is 0 Å². The van der Waals surface area contributed by atoms with Gasteiger partial charge in [-0.15, -0.1) is 10.2 Å². The van der Waals surface area contributed by atoms with E-state index in [2.05, 4.69) is 19.9 Å². The molecule has 0 aliphatic carbocycles. The van der Waals surface area contributed by atoms with Gasteiger partial charge in [0.1, 0.15) is 11.6 Å². The molecule has 0 fully saturated rings. The Balaban J connectivity index is 1.56. The normalized spacial score (nSPS) is 11.2. The summed E-state index contributed by atoms with van der Waals surface area (Å²) in [6, 6.07) is 9.82. The summed E-state index contributed by atoms with van der Waals surface area (Å²) in [6.07, 6.45) is 5.46. The number of anilines is 1. The molecule has 0 bridgehead atoms. The lowest BCUT2D eigenvalue weighted by Crippen LogP contribution is -2.22. The lowest BCUT2D eigenvalue weighted by molar-refractivity contribution is -0.0512. The van der Waals surface area contributed by atoms with E-state index < -0.39 is 6.61 Å². The highest BCUT2D eigenvalue weighted by molar-refractivity contribution is 5.45. The molecule has 2 heterocycles. The standard InChI is InChI=1S/C24H25F3N6O2/c1-4-22-29-30-24(31(2)13-17-6-8-20(35-23(26)27)21(12-17)34-3)33(22)14-16-5-7-19(18(25)11-16)32-10-9-28-15-32/h5-12,15,23H,4,13-14H2,1-3H3. The van der Waals surface area contributed by atoms with Crippen molar-refractivity contribution in [2.45, 2.75) is 33.0 Å². The minimum atomic E-state index is -2.94. The van der Waals surface area contributed by atoms with E-state index in [1.165, 1.54) is 19.2 Å². The highest BCUT2D eigenvalue weighted by atomic mass is 19.3. The summed E-state index contributed by atoms with van der Waals surface area (Å²) in [6.45, 7) is -0.190. The molecule has 0 saturated carbocycles. The second kappa shape index (κ2) is 10.5. The molecule has 0 atom stereocenters. The van der Waals surface area contributed by atoms with Gasteiger partial charge in [-0.2, -0.15) is 8.78 Å². The molecule has 11 heteroatoms. The van der Waals surface area contributed by atoms with Gasteiger partial charge in [0.05, 0.1) is 25.7 Å². The van der Waals surface area contributed by atoms with E-state index in [0.29, 0.717) is 31.1 Å². The van der Waals surface area contributed by atoms with Crippen molar-refractivity contribution in [2.75, 3.05) is 19.1 Å². The van der Waals surface area contributed by atoms with Crippen LogP contribution in [0.25, 0.3) is 5.69 Å². The van der Waals surface area contributed by atoms with E-state index in [1.54, 1.807) is 41.5 Å². The Hall–Kier alpha value is -4.02. The monoisotopic (exact) mass is 486 g/mol. The van der Waals surface area contributed by atoms with Crippen molar-refractivity contribution < 1.29 is 22.6 Å². The van der Waals surface area contributed by atoms with Crippen molar-refractivity contribution in [3.63, 3.8) is 0 Å².